The Hall–Kier alpha value is -0.890. The number of nitrogens with one attached hydrogen (secondary N) is 1. The van der Waals surface area contributed by atoms with Gasteiger partial charge in [0.15, 0.2) is 0 Å². The number of rotatable bonds is 3. The van der Waals surface area contributed by atoms with Crippen LogP contribution >= 0.6 is 0 Å². The Labute approximate surface area is 118 Å². The third kappa shape index (κ3) is 4.04. The molecule has 19 heavy (non-hydrogen) atoms. The SMILES string of the molecule is Cc1cccc(CNC2CCCCC2C(C)(C)C)n1. The van der Waals surface area contributed by atoms with Crippen molar-refractivity contribution in [2.45, 2.75) is 66.0 Å². The van der Waals surface area contributed by atoms with E-state index in [1.165, 1.54) is 31.4 Å². The highest BCUT2D eigenvalue weighted by Gasteiger charge is 2.33. The molecule has 106 valence electrons. The van der Waals surface area contributed by atoms with Crippen molar-refractivity contribution in [1.82, 2.24) is 10.3 Å². The van der Waals surface area contributed by atoms with E-state index in [1.54, 1.807) is 0 Å². The molecule has 0 bridgehead atoms. The number of hydrogen-bond donors (Lipinski definition) is 1. The minimum absolute atomic E-state index is 0.401. The Bertz CT molecular complexity index is 406. The van der Waals surface area contributed by atoms with Gasteiger partial charge in [0.1, 0.15) is 0 Å². The summed E-state index contributed by atoms with van der Waals surface area (Å²) in [5.41, 5.74) is 2.67. The first-order valence-electron chi connectivity index (χ1n) is 7.63. The molecule has 1 aromatic heterocycles. The van der Waals surface area contributed by atoms with Gasteiger partial charge in [-0.05, 0) is 43.2 Å². The van der Waals surface area contributed by atoms with Gasteiger partial charge in [-0.3, -0.25) is 4.98 Å². The minimum Gasteiger partial charge on any atom is -0.308 e. The smallest absolute Gasteiger partial charge is 0.0544 e. The molecule has 2 unspecified atom stereocenters. The molecule has 0 aliphatic heterocycles. The number of hydrogen-bond acceptors (Lipinski definition) is 2. The summed E-state index contributed by atoms with van der Waals surface area (Å²) in [5, 5.41) is 3.76. The van der Waals surface area contributed by atoms with Gasteiger partial charge in [-0.2, -0.15) is 0 Å². The molecule has 2 heteroatoms. The van der Waals surface area contributed by atoms with Crippen molar-refractivity contribution in [2.24, 2.45) is 11.3 Å². The normalized spacial score (nSPS) is 24.4. The molecule has 1 fully saturated rings. The third-order valence-corrected chi connectivity index (χ3v) is 4.37. The highest BCUT2D eigenvalue weighted by atomic mass is 14.9. The average Bonchev–Trinajstić information content (AvgIpc) is 2.36. The van der Waals surface area contributed by atoms with Crippen LogP contribution in [0.4, 0.5) is 0 Å². The zero-order valence-corrected chi connectivity index (χ0v) is 12.9. The van der Waals surface area contributed by atoms with Crippen LogP contribution in [0.25, 0.3) is 0 Å². The van der Waals surface area contributed by atoms with E-state index in [4.69, 9.17) is 0 Å². The van der Waals surface area contributed by atoms with Gasteiger partial charge in [-0.25, -0.2) is 0 Å². The minimum atomic E-state index is 0.401. The van der Waals surface area contributed by atoms with Crippen LogP contribution in [0.2, 0.25) is 0 Å². The molecule has 1 aromatic rings. The summed E-state index contributed by atoms with van der Waals surface area (Å²) in [5.74, 6) is 0.783. The molecule has 1 N–H and O–H groups in total. The molecule has 1 aliphatic carbocycles. The van der Waals surface area contributed by atoms with E-state index in [1.807, 2.05) is 0 Å². The van der Waals surface area contributed by atoms with Crippen molar-refractivity contribution < 1.29 is 0 Å². The molecule has 1 heterocycles. The molecule has 0 aromatic carbocycles. The molecule has 0 saturated heterocycles. The lowest BCUT2D eigenvalue weighted by Crippen LogP contribution is -2.44. The fourth-order valence-corrected chi connectivity index (χ4v) is 3.35. The Morgan fingerprint density at radius 2 is 1.95 bits per heavy atom. The standard InChI is InChI=1S/C17H28N2/c1-13-8-7-9-14(19-13)12-18-16-11-6-5-10-15(16)17(2,3)4/h7-9,15-16,18H,5-6,10-12H2,1-4H3. The lowest BCUT2D eigenvalue weighted by atomic mass is 9.69. The summed E-state index contributed by atoms with van der Waals surface area (Å²) < 4.78 is 0. The molecular formula is C17H28N2. The quantitative estimate of drug-likeness (QED) is 0.885. The van der Waals surface area contributed by atoms with Crippen LogP contribution in [0.3, 0.4) is 0 Å². The molecule has 0 spiro atoms. The van der Waals surface area contributed by atoms with Gasteiger partial charge >= 0.3 is 0 Å². The Morgan fingerprint density at radius 3 is 2.63 bits per heavy atom. The van der Waals surface area contributed by atoms with Crippen LogP contribution in [-0.2, 0) is 6.54 Å². The molecule has 0 amide bonds. The average molecular weight is 260 g/mol. The van der Waals surface area contributed by atoms with Gasteiger partial charge < -0.3 is 5.32 Å². The summed E-state index contributed by atoms with van der Waals surface area (Å²) in [6.07, 6.45) is 5.43. The van der Waals surface area contributed by atoms with Crippen LogP contribution in [0.1, 0.15) is 57.8 Å². The summed E-state index contributed by atoms with van der Waals surface area (Å²) in [6.45, 7) is 10.1. The molecule has 2 nitrogen and oxygen atoms in total. The van der Waals surface area contributed by atoms with Gasteiger partial charge in [0.05, 0.1) is 5.69 Å². The number of aryl methyl sites for hydroxylation is 1. The number of nitrogens with zero attached hydrogens (tertiary/aromatic N) is 1. The van der Waals surface area contributed by atoms with Crippen molar-refractivity contribution in [2.75, 3.05) is 0 Å². The molecule has 0 radical (unpaired) electrons. The monoisotopic (exact) mass is 260 g/mol. The van der Waals surface area contributed by atoms with Gasteiger partial charge in [-0.15, -0.1) is 0 Å². The van der Waals surface area contributed by atoms with Crippen molar-refractivity contribution in [3.8, 4) is 0 Å². The highest BCUT2D eigenvalue weighted by Crippen LogP contribution is 2.38. The molecule has 1 aliphatic rings. The van der Waals surface area contributed by atoms with E-state index < -0.39 is 0 Å². The van der Waals surface area contributed by atoms with E-state index in [9.17, 15) is 0 Å². The largest absolute Gasteiger partial charge is 0.308 e. The first kappa shape index (κ1) is 14.5. The zero-order chi connectivity index (χ0) is 13.9. The lowest BCUT2D eigenvalue weighted by molar-refractivity contribution is 0.130. The van der Waals surface area contributed by atoms with Crippen molar-refractivity contribution >= 4 is 0 Å². The predicted octanol–water partition coefficient (Wildman–Crippen LogP) is 4.08. The maximum Gasteiger partial charge on any atom is 0.0544 e. The van der Waals surface area contributed by atoms with Crippen LogP contribution in [-0.4, -0.2) is 11.0 Å². The van der Waals surface area contributed by atoms with Crippen LogP contribution < -0.4 is 5.32 Å². The molecule has 2 atom stereocenters. The van der Waals surface area contributed by atoms with E-state index in [0.717, 1.165) is 18.2 Å². The second-order valence-electron chi connectivity index (χ2n) is 7.01. The summed E-state index contributed by atoms with van der Waals surface area (Å²) in [6, 6.07) is 6.93. The van der Waals surface area contributed by atoms with E-state index in [2.05, 4.69) is 56.2 Å². The first-order valence-corrected chi connectivity index (χ1v) is 7.63. The number of aromatic nitrogens is 1. The van der Waals surface area contributed by atoms with E-state index in [0.29, 0.717) is 11.5 Å². The summed E-state index contributed by atoms with van der Waals surface area (Å²) >= 11 is 0. The van der Waals surface area contributed by atoms with Crippen LogP contribution in [0.5, 0.6) is 0 Å². The second kappa shape index (κ2) is 6.04. The predicted molar refractivity (Wildman–Crippen MR) is 81.0 cm³/mol. The van der Waals surface area contributed by atoms with E-state index in [-0.39, 0.29) is 0 Å². The van der Waals surface area contributed by atoms with Gasteiger partial charge in [-0.1, -0.05) is 39.7 Å². The summed E-state index contributed by atoms with van der Waals surface area (Å²) in [7, 11) is 0. The second-order valence-corrected chi connectivity index (χ2v) is 7.01. The van der Waals surface area contributed by atoms with E-state index >= 15 is 0 Å². The van der Waals surface area contributed by atoms with Gasteiger partial charge in [0, 0.05) is 18.3 Å². The van der Waals surface area contributed by atoms with Crippen LogP contribution in [0, 0.1) is 18.3 Å². The Kier molecular flexibility index (Phi) is 4.62. The molecule has 2 rings (SSSR count). The fraction of sp³-hybridized carbons (Fsp3) is 0.706. The summed E-state index contributed by atoms with van der Waals surface area (Å²) in [4.78, 5) is 4.58. The highest BCUT2D eigenvalue weighted by molar-refractivity contribution is 5.09. The molecule has 1 saturated carbocycles. The van der Waals surface area contributed by atoms with Crippen molar-refractivity contribution in [1.29, 1.82) is 0 Å². The zero-order valence-electron chi connectivity index (χ0n) is 12.9. The van der Waals surface area contributed by atoms with Crippen molar-refractivity contribution in [3.63, 3.8) is 0 Å². The van der Waals surface area contributed by atoms with Gasteiger partial charge in [0.25, 0.3) is 0 Å². The third-order valence-electron chi connectivity index (χ3n) is 4.37. The fourth-order valence-electron chi connectivity index (χ4n) is 3.35. The number of pyridine rings is 1. The Morgan fingerprint density at radius 1 is 1.21 bits per heavy atom. The Balaban J connectivity index is 1.97. The van der Waals surface area contributed by atoms with Gasteiger partial charge in [0.2, 0.25) is 0 Å². The molecular weight excluding hydrogens is 232 g/mol. The maximum absolute atomic E-state index is 4.58. The van der Waals surface area contributed by atoms with Crippen LogP contribution in [0.15, 0.2) is 18.2 Å². The van der Waals surface area contributed by atoms with Crippen molar-refractivity contribution in [3.05, 3.63) is 29.6 Å². The first-order chi connectivity index (χ1) is 8.97. The maximum atomic E-state index is 4.58. The topological polar surface area (TPSA) is 24.9 Å². The lowest BCUT2D eigenvalue weighted by Gasteiger charge is -2.41.